The van der Waals surface area contributed by atoms with Crippen LogP contribution in [0.5, 0.6) is 5.75 Å². The van der Waals surface area contributed by atoms with Gasteiger partial charge in [0.1, 0.15) is 5.75 Å². The molecule has 120 valence electrons. The lowest BCUT2D eigenvalue weighted by molar-refractivity contribution is -0.274. The van der Waals surface area contributed by atoms with Crippen molar-refractivity contribution < 1.29 is 17.9 Å². The van der Waals surface area contributed by atoms with Crippen LogP contribution in [0.3, 0.4) is 0 Å². The fourth-order valence-electron chi connectivity index (χ4n) is 2.10. The maximum Gasteiger partial charge on any atom is 0.573 e. The Hall–Kier alpha value is -0.880. The second-order valence-corrected chi connectivity index (χ2v) is 6.16. The molecule has 0 bridgehead atoms. The fraction of sp³-hybridized carbons (Fsp3) is 0.600. The summed E-state index contributed by atoms with van der Waals surface area (Å²) in [5.41, 5.74) is 0.937. The molecule has 6 heteroatoms. The number of thioether (sulfide) groups is 1. The first-order valence-corrected chi connectivity index (χ1v) is 8.17. The predicted octanol–water partition coefficient (Wildman–Crippen LogP) is 4.60. The number of rotatable bonds is 8. The van der Waals surface area contributed by atoms with Crippen LogP contribution in [0.25, 0.3) is 0 Å². The SMILES string of the molecule is CCC(CC)(CNCc1ccc(OC(F)(F)F)cc1)SC. The van der Waals surface area contributed by atoms with Gasteiger partial charge in [0, 0.05) is 17.8 Å². The molecule has 1 aromatic rings. The van der Waals surface area contributed by atoms with Gasteiger partial charge in [0.15, 0.2) is 0 Å². The van der Waals surface area contributed by atoms with E-state index in [-0.39, 0.29) is 10.5 Å². The van der Waals surface area contributed by atoms with Crippen LogP contribution >= 0.6 is 11.8 Å². The normalized spacial score (nSPS) is 12.5. The maximum atomic E-state index is 12.1. The van der Waals surface area contributed by atoms with Crippen LogP contribution in [0.4, 0.5) is 13.2 Å². The van der Waals surface area contributed by atoms with Gasteiger partial charge in [-0.1, -0.05) is 26.0 Å². The summed E-state index contributed by atoms with van der Waals surface area (Å²) in [4.78, 5) is 0. The smallest absolute Gasteiger partial charge is 0.406 e. The molecule has 0 aliphatic rings. The molecule has 1 N–H and O–H groups in total. The van der Waals surface area contributed by atoms with Crippen LogP contribution in [0, 0.1) is 0 Å². The highest BCUT2D eigenvalue weighted by Crippen LogP contribution is 2.29. The van der Waals surface area contributed by atoms with Gasteiger partial charge in [-0.05, 0) is 36.8 Å². The van der Waals surface area contributed by atoms with E-state index in [1.165, 1.54) is 12.1 Å². The van der Waals surface area contributed by atoms with Crippen molar-refractivity contribution in [1.82, 2.24) is 5.32 Å². The van der Waals surface area contributed by atoms with Gasteiger partial charge in [0.25, 0.3) is 0 Å². The second-order valence-electron chi connectivity index (χ2n) is 4.89. The standard InChI is InChI=1S/C15H22F3NOS/c1-4-14(5-2,21-3)11-19-10-12-6-8-13(9-7-12)20-15(16,17)18/h6-9,19H,4-5,10-11H2,1-3H3. The van der Waals surface area contributed by atoms with Gasteiger partial charge >= 0.3 is 6.36 Å². The number of hydrogen-bond donors (Lipinski definition) is 1. The van der Waals surface area contributed by atoms with E-state index in [0.29, 0.717) is 6.54 Å². The zero-order chi connectivity index (χ0) is 15.9. The molecular formula is C15H22F3NOS. The molecule has 0 saturated carbocycles. The van der Waals surface area contributed by atoms with E-state index in [2.05, 4.69) is 30.2 Å². The van der Waals surface area contributed by atoms with Gasteiger partial charge in [-0.15, -0.1) is 13.2 Å². The molecule has 0 fully saturated rings. The van der Waals surface area contributed by atoms with E-state index in [9.17, 15) is 13.2 Å². The summed E-state index contributed by atoms with van der Waals surface area (Å²) in [6, 6.07) is 5.97. The van der Waals surface area contributed by atoms with Crippen molar-refractivity contribution in [2.45, 2.75) is 44.3 Å². The third-order valence-electron chi connectivity index (χ3n) is 3.65. The predicted molar refractivity (Wildman–Crippen MR) is 81.7 cm³/mol. The molecule has 0 aliphatic carbocycles. The first-order chi connectivity index (χ1) is 9.84. The van der Waals surface area contributed by atoms with Crippen LogP contribution in [-0.4, -0.2) is 23.9 Å². The molecule has 0 amide bonds. The van der Waals surface area contributed by atoms with E-state index in [1.807, 2.05) is 11.8 Å². The van der Waals surface area contributed by atoms with Crippen LogP contribution in [0.1, 0.15) is 32.3 Å². The van der Waals surface area contributed by atoms with Gasteiger partial charge in [0.05, 0.1) is 0 Å². The quantitative estimate of drug-likeness (QED) is 0.756. The second kappa shape index (κ2) is 7.94. The van der Waals surface area contributed by atoms with Gasteiger partial charge in [-0.2, -0.15) is 11.8 Å². The topological polar surface area (TPSA) is 21.3 Å². The molecule has 0 unspecified atom stereocenters. The molecule has 21 heavy (non-hydrogen) atoms. The number of nitrogens with one attached hydrogen (secondary N) is 1. The lowest BCUT2D eigenvalue weighted by atomic mass is 10.0. The summed E-state index contributed by atoms with van der Waals surface area (Å²) in [7, 11) is 0. The number of hydrogen-bond acceptors (Lipinski definition) is 3. The molecule has 1 rings (SSSR count). The lowest BCUT2D eigenvalue weighted by Gasteiger charge is -2.30. The third kappa shape index (κ3) is 6.18. The van der Waals surface area contributed by atoms with E-state index in [0.717, 1.165) is 24.9 Å². The molecule has 2 nitrogen and oxygen atoms in total. The van der Waals surface area contributed by atoms with Gasteiger partial charge < -0.3 is 10.1 Å². The monoisotopic (exact) mass is 321 g/mol. The third-order valence-corrected chi connectivity index (χ3v) is 5.24. The van der Waals surface area contributed by atoms with Crippen molar-refractivity contribution in [3.05, 3.63) is 29.8 Å². The average molecular weight is 321 g/mol. The van der Waals surface area contributed by atoms with Crippen molar-refractivity contribution in [3.8, 4) is 5.75 Å². The minimum absolute atomic E-state index is 0.188. The molecule has 0 atom stereocenters. The van der Waals surface area contributed by atoms with Crippen molar-refractivity contribution in [2.75, 3.05) is 12.8 Å². The summed E-state index contributed by atoms with van der Waals surface area (Å²) < 4.78 is 40.2. The summed E-state index contributed by atoms with van der Waals surface area (Å²) in [5.74, 6) is -0.188. The van der Waals surface area contributed by atoms with Crippen molar-refractivity contribution >= 4 is 11.8 Å². The van der Waals surface area contributed by atoms with Crippen molar-refractivity contribution in [3.63, 3.8) is 0 Å². The number of benzene rings is 1. The Morgan fingerprint density at radius 1 is 1.10 bits per heavy atom. The minimum Gasteiger partial charge on any atom is -0.406 e. The van der Waals surface area contributed by atoms with Gasteiger partial charge in [-0.3, -0.25) is 0 Å². The average Bonchev–Trinajstić information content (AvgIpc) is 2.44. The Kier molecular flexibility index (Phi) is 6.87. The molecule has 0 aromatic heterocycles. The minimum atomic E-state index is -4.64. The van der Waals surface area contributed by atoms with E-state index in [1.54, 1.807) is 12.1 Å². The molecule has 0 saturated heterocycles. The van der Waals surface area contributed by atoms with E-state index >= 15 is 0 Å². The molecule has 0 heterocycles. The van der Waals surface area contributed by atoms with Gasteiger partial charge in [0.2, 0.25) is 0 Å². The summed E-state index contributed by atoms with van der Waals surface area (Å²) >= 11 is 1.85. The first kappa shape index (κ1) is 18.2. The zero-order valence-corrected chi connectivity index (χ0v) is 13.4. The molecule has 1 aromatic carbocycles. The maximum absolute atomic E-state index is 12.1. The number of alkyl halides is 3. The number of halogens is 3. The highest BCUT2D eigenvalue weighted by Gasteiger charge is 2.31. The highest BCUT2D eigenvalue weighted by molar-refractivity contribution is 8.00. The molecule has 0 aliphatic heterocycles. The van der Waals surface area contributed by atoms with Crippen molar-refractivity contribution in [2.24, 2.45) is 0 Å². The largest absolute Gasteiger partial charge is 0.573 e. The summed E-state index contributed by atoms with van der Waals surface area (Å²) in [5, 5.41) is 3.38. The Balaban J connectivity index is 2.50. The Morgan fingerprint density at radius 3 is 2.10 bits per heavy atom. The van der Waals surface area contributed by atoms with E-state index < -0.39 is 6.36 Å². The molecule has 0 spiro atoms. The summed E-state index contributed by atoms with van der Waals surface area (Å²) in [6.45, 7) is 5.85. The Labute approximate surface area is 128 Å². The fourth-order valence-corrected chi connectivity index (χ4v) is 2.93. The zero-order valence-electron chi connectivity index (χ0n) is 12.6. The molecule has 0 radical (unpaired) electrons. The van der Waals surface area contributed by atoms with E-state index in [4.69, 9.17) is 0 Å². The number of ether oxygens (including phenoxy) is 1. The van der Waals surface area contributed by atoms with Crippen LogP contribution in [0.2, 0.25) is 0 Å². The molecular weight excluding hydrogens is 299 g/mol. The Bertz CT molecular complexity index is 408. The first-order valence-electron chi connectivity index (χ1n) is 6.94. The summed E-state index contributed by atoms with van der Waals surface area (Å²) in [6.07, 6.45) is -0.371. The van der Waals surface area contributed by atoms with Crippen LogP contribution < -0.4 is 10.1 Å². The lowest BCUT2D eigenvalue weighted by Crippen LogP contribution is -2.36. The highest BCUT2D eigenvalue weighted by atomic mass is 32.2. The van der Waals surface area contributed by atoms with Gasteiger partial charge in [-0.25, -0.2) is 0 Å². The van der Waals surface area contributed by atoms with Crippen LogP contribution in [0.15, 0.2) is 24.3 Å². The van der Waals surface area contributed by atoms with Crippen LogP contribution in [-0.2, 0) is 6.54 Å². The Morgan fingerprint density at radius 2 is 1.67 bits per heavy atom. The van der Waals surface area contributed by atoms with Crippen molar-refractivity contribution in [1.29, 1.82) is 0 Å².